The summed E-state index contributed by atoms with van der Waals surface area (Å²) in [5.74, 6) is 0.937. The van der Waals surface area contributed by atoms with Crippen LogP contribution in [0.15, 0.2) is 48.8 Å². The van der Waals surface area contributed by atoms with Crippen LogP contribution in [-0.4, -0.2) is 15.7 Å². The van der Waals surface area contributed by atoms with Crippen molar-refractivity contribution < 1.29 is 4.74 Å². The molecule has 0 atom stereocenters. The van der Waals surface area contributed by atoms with Gasteiger partial charge in [-0.1, -0.05) is 19.1 Å². The van der Waals surface area contributed by atoms with E-state index in [1.165, 1.54) is 28.1 Å². The summed E-state index contributed by atoms with van der Waals surface area (Å²) >= 11 is 0. The molecule has 0 N–H and O–H groups in total. The highest BCUT2D eigenvalue weighted by Crippen LogP contribution is 2.37. The van der Waals surface area contributed by atoms with Crippen LogP contribution in [0.3, 0.4) is 0 Å². The van der Waals surface area contributed by atoms with E-state index in [0.717, 1.165) is 25.3 Å². The first-order valence-electron chi connectivity index (χ1n) is 8.42. The van der Waals surface area contributed by atoms with Crippen molar-refractivity contribution in [1.82, 2.24) is 9.13 Å². The van der Waals surface area contributed by atoms with Crippen molar-refractivity contribution in [3.05, 3.63) is 54.4 Å². The maximum atomic E-state index is 5.56. The number of benzene rings is 1. The highest BCUT2D eigenvalue weighted by molar-refractivity contribution is 5.77. The second-order valence-electron chi connectivity index (χ2n) is 5.96. The summed E-state index contributed by atoms with van der Waals surface area (Å²) in [5, 5.41) is 0. The first-order valence-corrected chi connectivity index (χ1v) is 8.42. The van der Waals surface area contributed by atoms with Crippen molar-refractivity contribution in [3.63, 3.8) is 0 Å². The van der Waals surface area contributed by atoms with Crippen molar-refractivity contribution in [2.24, 2.45) is 0 Å². The zero-order valence-electron chi connectivity index (χ0n) is 13.7. The summed E-state index contributed by atoms with van der Waals surface area (Å²) in [7, 11) is 0. The molecule has 0 radical (unpaired) electrons. The largest absolute Gasteiger partial charge is 0.494 e. The van der Waals surface area contributed by atoms with Crippen molar-refractivity contribution in [2.45, 2.75) is 33.4 Å². The Morgan fingerprint density at radius 3 is 2.52 bits per heavy atom. The van der Waals surface area contributed by atoms with Crippen LogP contribution in [0.4, 0.5) is 0 Å². The molecular weight excluding hydrogens is 284 g/mol. The van der Waals surface area contributed by atoms with E-state index in [4.69, 9.17) is 4.74 Å². The first-order chi connectivity index (χ1) is 11.3. The minimum absolute atomic E-state index is 0.705. The van der Waals surface area contributed by atoms with E-state index in [9.17, 15) is 0 Å². The number of fused-ring (bicyclic) bond motifs is 3. The monoisotopic (exact) mass is 306 g/mol. The van der Waals surface area contributed by atoms with Crippen molar-refractivity contribution >= 4 is 0 Å². The predicted molar refractivity (Wildman–Crippen MR) is 93.8 cm³/mol. The molecule has 0 aliphatic carbocycles. The van der Waals surface area contributed by atoms with Gasteiger partial charge in [0, 0.05) is 31.0 Å². The molecule has 3 heterocycles. The standard InChI is InChI=1S/C20H22N2O/c1-3-17-18(15-7-9-16(10-8-15)23-4-2)14-22-13-12-21-11-5-6-19(21)20(17)22/h5-11,14H,3-4,12-13H2,1-2H3. The SMILES string of the molecule is CCOc1ccc(-c2cn3c(c2CC)-c2cccn2CC3)cc1. The van der Waals surface area contributed by atoms with Crippen molar-refractivity contribution in [1.29, 1.82) is 0 Å². The van der Waals surface area contributed by atoms with Crippen LogP contribution in [-0.2, 0) is 19.5 Å². The summed E-state index contributed by atoms with van der Waals surface area (Å²) in [6.45, 7) is 7.06. The van der Waals surface area contributed by atoms with Crippen LogP contribution in [0.5, 0.6) is 5.75 Å². The van der Waals surface area contributed by atoms with Gasteiger partial charge in [0.2, 0.25) is 0 Å². The zero-order chi connectivity index (χ0) is 15.8. The summed E-state index contributed by atoms with van der Waals surface area (Å²) in [6, 6.07) is 12.9. The van der Waals surface area contributed by atoms with E-state index < -0.39 is 0 Å². The molecule has 2 aromatic heterocycles. The number of ether oxygens (including phenoxy) is 1. The Labute approximate surface area is 137 Å². The Kier molecular flexibility index (Phi) is 3.49. The Morgan fingerprint density at radius 1 is 1.00 bits per heavy atom. The summed E-state index contributed by atoms with van der Waals surface area (Å²) in [4.78, 5) is 0. The van der Waals surface area contributed by atoms with Gasteiger partial charge in [0.25, 0.3) is 0 Å². The van der Waals surface area contributed by atoms with E-state index in [0.29, 0.717) is 6.61 Å². The summed E-state index contributed by atoms with van der Waals surface area (Å²) < 4.78 is 10.3. The van der Waals surface area contributed by atoms with Crippen LogP contribution in [0.25, 0.3) is 22.5 Å². The van der Waals surface area contributed by atoms with E-state index in [1.54, 1.807) is 0 Å². The molecule has 0 spiro atoms. The van der Waals surface area contributed by atoms with Gasteiger partial charge in [0.15, 0.2) is 0 Å². The first kappa shape index (κ1) is 14.2. The van der Waals surface area contributed by atoms with Gasteiger partial charge in [-0.2, -0.15) is 0 Å². The second-order valence-corrected chi connectivity index (χ2v) is 5.96. The molecule has 3 nitrogen and oxygen atoms in total. The molecule has 1 aliphatic rings. The van der Waals surface area contributed by atoms with Crippen LogP contribution < -0.4 is 4.74 Å². The molecule has 3 heteroatoms. The number of rotatable bonds is 4. The Bertz CT molecular complexity index is 824. The second kappa shape index (κ2) is 5.65. The fourth-order valence-corrected chi connectivity index (χ4v) is 3.62. The topological polar surface area (TPSA) is 19.1 Å². The highest BCUT2D eigenvalue weighted by atomic mass is 16.5. The van der Waals surface area contributed by atoms with Crippen LogP contribution >= 0.6 is 0 Å². The van der Waals surface area contributed by atoms with Gasteiger partial charge in [-0.25, -0.2) is 0 Å². The fourth-order valence-electron chi connectivity index (χ4n) is 3.62. The van der Waals surface area contributed by atoms with E-state index in [-0.39, 0.29) is 0 Å². The van der Waals surface area contributed by atoms with E-state index in [1.807, 2.05) is 6.92 Å². The predicted octanol–water partition coefficient (Wildman–Crippen LogP) is 4.60. The Balaban J connectivity index is 1.82. The molecule has 0 bridgehead atoms. The Morgan fingerprint density at radius 2 is 1.78 bits per heavy atom. The Hall–Kier alpha value is -2.42. The lowest BCUT2D eigenvalue weighted by Gasteiger charge is -2.20. The lowest BCUT2D eigenvalue weighted by Crippen LogP contribution is -2.15. The molecule has 118 valence electrons. The van der Waals surface area contributed by atoms with E-state index in [2.05, 4.69) is 64.8 Å². The molecule has 1 aromatic carbocycles. The van der Waals surface area contributed by atoms with E-state index >= 15 is 0 Å². The number of aromatic nitrogens is 2. The third-order valence-corrected chi connectivity index (χ3v) is 4.67. The third kappa shape index (κ3) is 2.27. The molecule has 4 rings (SSSR count). The van der Waals surface area contributed by atoms with Gasteiger partial charge in [-0.15, -0.1) is 0 Å². The molecular formula is C20H22N2O. The summed E-state index contributed by atoms with van der Waals surface area (Å²) in [6.07, 6.45) is 5.54. The molecule has 0 saturated heterocycles. The highest BCUT2D eigenvalue weighted by Gasteiger charge is 2.22. The van der Waals surface area contributed by atoms with Gasteiger partial charge >= 0.3 is 0 Å². The van der Waals surface area contributed by atoms with Gasteiger partial charge < -0.3 is 13.9 Å². The van der Waals surface area contributed by atoms with Crippen LogP contribution in [0, 0.1) is 0 Å². The van der Waals surface area contributed by atoms with Gasteiger partial charge in [-0.3, -0.25) is 0 Å². The zero-order valence-corrected chi connectivity index (χ0v) is 13.7. The number of hydrogen-bond donors (Lipinski definition) is 0. The van der Waals surface area contributed by atoms with Gasteiger partial charge in [0.05, 0.1) is 18.0 Å². The number of hydrogen-bond acceptors (Lipinski definition) is 1. The molecule has 1 aliphatic heterocycles. The number of nitrogens with zero attached hydrogens (tertiary/aromatic N) is 2. The molecule has 0 unspecified atom stereocenters. The van der Waals surface area contributed by atoms with Crippen LogP contribution in [0.1, 0.15) is 19.4 Å². The fraction of sp³-hybridized carbons (Fsp3) is 0.300. The smallest absolute Gasteiger partial charge is 0.119 e. The molecule has 0 saturated carbocycles. The quantitative estimate of drug-likeness (QED) is 0.689. The van der Waals surface area contributed by atoms with Crippen molar-refractivity contribution in [3.8, 4) is 28.3 Å². The maximum absolute atomic E-state index is 5.56. The van der Waals surface area contributed by atoms with Crippen LogP contribution in [0.2, 0.25) is 0 Å². The minimum Gasteiger partial charge on any atom is -0.494 e. The van der Waals surface area contributed by atoms with Gasteiger partial charge in [-0.05, 0) is 48.7 Å². The van der Waals surface area contributed by atoms with Gasteiger partial charge in [0.1, 0.15) is 5.75 Å². The summed E-state index contributed by atoms with van der Waals surface area (Å²) in [5.41, 5.74) is 6.78. The molecule has 0 amide bonds. The van der Waals surface area contributed by atoms with Crippen molar-refractivity contribution in [2.75, 3.05) is 6.61 Å². The lowest BCUT2D eigenvalue weighted by atomic mass is 10.00. The maximum Gasteiger partial charge on any atom is 0.119 e. The minimum atomic E-state index is 0.705. The number of aryl methyl sites for hydroxylation is 2. The average molecular weight is 306 g/mol. The average Bonchev–Trinajstić information content (AvgIpc) is 3.19. The molecule has 3 aromatic rings. The third-order valence-electron chi connectivity index (χ3n) is 4.67. The lowest BCUT2D eigenvalue weighted by molar-refractivity contribution is 0.340. The molecule has 0 fully saturated rings. The normalized spacial score (nSPS) is 12.8. The molecule has 23 heavy (non-hydrogen) atoms.